The maximum absolute atomic E-state index is 12.2. The minimum atomic E-state index is -4.46. The molecule has 0 bridgehead atoms. The maximum atomic E-state index is 12.2. The highest BCUT2D eigenvalue weighted by Crippen LogP contribution is 2.33. The summed E-state index contributed by atoms with van der Waals surface area (Å²) < 4.78 is 41.6. The molecule has 2 heterocycles. The average Bonchev–Trinajstić information content (AvgIpc) is 2.82. The first-order valence-corrected chi connectivity index (χ1v) is 5.32. The van der Waals surface area contributed by atoms with Crippen molar-refractivity contribution in [3.8, 4) is 0 Å². The number of hydrogen-bond acceptors (Lipinski definition) is 6. The molecule has 0 aliphatic rings. The largest absolute Gasteiger partial charge is 0.448 e. The molecule has 2 aromatic heterocycles. The first kappa shape index (κ1) is 11.8. The van der Waals surface area contributed by atoms with Crippen LogP contribution in [0.2, 0.25) is 0 Å². The van der Waals surface area contributed by atoms with Gasteiger partial charge in [0.05, 0.1) is 6.54 Å². The van der Waals surface area contributed by atoms with E-state index in [1.54, 1.807) is 6.92 Å². The Balaban J connectivity index is 2.01. The SMILES string of the molecule is Cc1ocnc1CNc1nnc(C(F)(F)F)s1. The van der Waals surface area contributed by atoms with Crippen molar-refractivity contribution in [2.75, 3.05) is 5.32 Å². The van der Waals surface area contributed by atoms with E-state index in [9.17, 15) is 13.2 Å². The number of aryl methyl sites for hydroxylation is 1. The van der Waals surface area contributed by atoms with Crippen LogP contribution >= 0.6 is 11.3 Å². The highest BCUT2D eigenvalue weighted by molar-refractivity contribution is 7.15. The normalized spacial score (nSPS) is 11.8. The number of oxazole rings is 1. The fraction of sp³-hybridized carbons (Fsp3) is 0.375. The predicted molar refractivity (Wildman–Crippen MR) is 53.5 cm³/mol. The molecule has 0 fully saturated rings. The van der Waals surface area contributed by atoms with Crippen molar-refractivity contribution < 1.29 is 17.6 Å². The van der Waals surface area contributed by atoms with E-state index in [2.05, 4.69) is 20.5 Å². The molecule has 0 aliphatic heterocycles. The van der Waals surface area contributed by atoms with Crippen LogP contribution in [-0.2, 0) is 12.7 Å². The molecular weight excluding hydrogens is 257 g/mol. The van der Waals surface area contributed by atoms with E-state index < -0.39 is 11.2 Å². The molecular formula is C8H7F3N4OS. The molecule has 0 spiro atoms. The molecule has 0 aromatic carbocycles. The van der Waals surface area contributed by atoms with Gasteiger partial charge in [-0.1, -0.05) is 11.3 Å². The van der Waals surface area contributed by atoms with E-state index in [1.165, 1.54) is 6.39 Å². The van der Waals surface area contributed by atoms with Crippen LogP contribution in [0.3, 0.4) is 0 Å². The monoisotopic (exact) mass is 264 g/mol. The highest BCUT2D eigenvalue weighted by Gasteiger charge is 2.35. The van der Waals surface area contributed by atoms with Gasteiger partial charge in [-0.3, -0.25) is 0 Å². The second kappa shape index (κ2) is 4.32. The fourth-order valence-electron chi connectivity index (χ4n) is 1.07. The van der Waals surface area contributed by atoms with Gasteiger partial charge in [-0.05, 0) is 6.92 Å². The molecule has 0 saturated carbocycles. The highest BCUT2D eigenvalue weighted by atomic mass is 32.1. The third kappa shape index (κ3) is 2.73. The number of aromatic nitrogens is 3. The lowest BCUT2D eigenvalue weighted by atomic mass is 10.4. The Kier molecular flexibility index (Phi) is 3.01. The summed E-state index contributed by atoms with van der Waals surface area (Å²) in [7, 11) is 0. The van der Waals surface area contributed by atoms with Crippen molar-refractivity contribution in [3.63, 3.8) is 0 Å². The van der Waals surface area contributed by atoms with Gasteiger partial charge < -0.3 is 9.73 Å². The summed E-state index contributed by atoms with van der Waals surface area (Å²) in [6, 6.07) is 0. The second-order valence-corrected chi connectivity index (χ2v) is 4.10. The van der Waals surface area contributed by atoms with Gasteiger partial charge in [-0.25, -0.2) is 4.98 Å². The molecule has 0 unspecified atom stereocenters. The zero-order valence-corrected chi connectivity index (χ0v) is 9.39. The van der Waals surface area contributed by atoms with Crippen molar-refractivity contribution >= 4 is 16.5 Å². The Morgan fingerprint density at radius 2 is 2.18 bits per heavy atom. The van der Waals surface area contributed by atoms with Crippen LogP contribution in [0.25, 0.3) is 0 Å². The summed E-state index contributed by atoms with van der Waals surface area (Å²) in [5.41, 5.74) is 0.619. The number of anilines is 1. The van der Waals surface area contributed by atoms with Crippen LogP contribution < -0.4 is 5.32 Å². The topological polar surface area (TPSA) is 63.8 Å². The molecule has 17 heavy (non-hydrogen) atoms. The van der Waals surface area contributed by atoms with Crippen LogP contribution in [-0.4, -0.2) is 15.2 Å². The van der Waals surface area contributed by atoms with E-state index in [-0.39, 0.29) is 11.7 Å². The van der Waals surface area contributed by atoms with E-state index in [1.807, 2.05) is 0 Å². The summed E-state index contributed by atoms with van der Waals surface area (Å²) >= 11 is 0.451. The Labute approximate surface area is 97.7 Å². The molecule has 92 valence electrons. The first-order chi connectivity index (χ1) is 7.97. The van der Waals surface area contributed by atoms with Crippen molar-refractivity contribution in [1.29, 1.82) is 0 Å². The Morgan fingerprint density at radius 1 is 1.41 bits per heavy atom. The lowest BCUT2D eigenvalue weighted by molar-refractivity contribution is -0.138. The van der Waals surface area contributed by atoms with Gasteiger partial charge in [0.15, 0.2) is 6.39 Å². The van der Waals surface area contributed by atoms with E-state index in [0.29, 0.717) is 22.8 Å². The van der Waals surface area contributed by atoms with Crippen molar-refractivity contribution in [2.24, 2.45) is 0 Å². The molecule has 9 heteroatoms. The third-order valence-electron chi connectivity index (χ3n) is 1.92. The minimum Gasteiger partial charge on any atom is -0.448 e. The van der Waals surface area contributed by atoms with Crippen LogP contribution in [0.15, 0.2) is 10.8 Å². The number of nitrogens with one attached hydrogen (secondary N) is 1. The molecule has 1 N–H and O–H groups in total. The fourth-order valence-corrected chi connectivity index (χ4v) is 1.67. The minimum absolute atomic E-state index is 0.0970. The Hall–Kier alpha value is -1.64. The second-order valence-electron chi connectivity index (χ2n) is 3.12. The number of alkyl halides is 3. The number of rotatable bonds is 3. The van der Waals surface area contributed by atoms with Gasteiger partial charge in [0.2, 0.25) is 10.1 Å². The van der Waals surface area contributed by atoms with Gasteiger partial charge in [-0.2, -0.15) is 13.2 Å². The van der Waals surface area contributed by atoms with E-state index >= 15 is 0 Å². The van der Waals surface area contributed by atoms with Crippen molar-refractivity contribution in [2.45, 2.75) is 19.6 Å². The van der Waals surface area contributed by atoms with Gasteiger partial charge in [-0.15, -0.1) is 10.2 Å². The van der Waals surface area contributed by atoms with Gasteiger partial charge in [0, 0.05) is 0 Å². The molecule has 5 nitrogen and oxygen atoms in total. The summed E-state index contributed by atoms with van der Waals surface area (Å²) in [6.07, 6.45) is -3.19. The van der Waals surface area contributed by atoms with Gasteiger partial charge in [0.1, 0.15) is 11.5 Å². The molecule has 0 amide bonds. The molecule has 2 aromatic rings. The van der Waals surface area contributed by atoms with Crippen molar-refractivity contribution in [3.05, 3.63) is 22.9 Å². The summed E-state index contributed by atoms with van der Waals surface area (Å²) in [6.45, 7) is 1.96. The Bertz CT molecular complexity index is 507. The van der Waals surface area contributed by atoms with Gasteiger partial charge in [0.25, 0.3) is 0 Å². The molecule has 0 atom stereocenters. The lowest BCUT2D eigenvalue weighted by Crippen LogP contribution is -2.03. The average molecular weight is 264 g/mol. The van der Waals surface area contributed by atoms with Crippen molar-refractivity contribution in [1.82, 2.24) is 15.2 Å². The van der Waals surface area contributed by atoms with E-state index in [4.69, 9.17) is 4.42 Å². The zero-order chi connectivity index (χ0) is 12.5. The van der Waals surface area contributed by atoms with Gasteiger partial charge >= 0.3 is 6.18 Å². The summed E-state index contributed by atoms with van der Waals surface area (Å²) in [5.74, 6) is 0.609. The first-order valence-electron chi connectivity index (χ1n) is 4.50. The quantitative estimate of drug-likeness (QED) is 0.922. The van der Waals surface area contributed by atoms with Crippen LogP contribution in [0.4, 0.5) is 18.3 Å². The molecule has 2 rings (SSSR count). The van der Waals surface area contributed by atoms with E-state index in [0.717, 1.165) is 0 Å². The summed E-state index contributed by atoms with van der Waals surface area (Å²) in [5, 5.41) is 8.26. The number of nitrogens with zero attached hydrogens (tertiary/aromatic N) is 3. The van der Waals surface area contributed by atoms with Crippen LogP contribution in [0.1, 0.15) is 16.5 Å². The predicted octanol–water partition coefficient (Wildman–Crippen LogP) is 2.47. The molecule has 0 saturated heterocycles. The molecule has 0 aliphatic carbocycles. The van der Waals surface area contributed by atoms with Crippen LogP contribution in [0, 0.1) is 6.92 Å². The maximum Gasteiger partial charge on any atom is 0.445 e. The number of halogens is 3. The Morgan fingerprint density at radius 3 is 2.71 bits per heavy atom. The standard InChI is InChI=1S/C8H7F3N4OS/c1-4-5(13-3-16-4)2-12-7-15-14-6(17-7)8(9,10)11/h3H,2H2,1H3,(H,12,15). The lowest BCUT2D eigenvalue weighted by Gasteiger charge is -1.99. The zero-order valence-electron chi connectivity index (χ0n) is 8.58. The number of hydrogen-bond donors (Lipinski definition) is 1. The smallest absolute Gasteiger partial charge is 0.445 e. The third-order valence-corrected chi connectivity index (χ3v) is 2.84. The summed E-state index contributed by atoms with van der Waals surface area (Å²) in [4.78, 5) is 3.89. The van der Waals surface area contributed by atoms with Crippen LogP contribution in [0.5, 0.6) is 0 Å². The molecule has 0 radical (unpaired) electrons.